The standard InChI is InChI=1S/C23H22N6O/c1-23(2)12-19-17(13-26-29(19)15-8-4-3-5-9-15)20(30)21(23)27-28-22-16-10-6-7-11-18(16)24-14-25-22/h3-11,13-14,17,19H,12H2,1-2H3,(H,24,25,28)/b27-21-. The highest BCUT2D eigenvalue weighted by atomic mass is 16.1. The normalized spacial score (nSPS) is 23.7. The Labute approximate surface area is 174 Å². The number of Topliss-reactive ketones (excluding diaryl/α,β-unsaturated/α-hetero) is 1. The minimum atomic E-state index is -0.408. The first-order valence-electron chi connectivity index (χ1n) is 10.0. The minimum Gasteiger partial charge on any atom is -0.292 e. The molecule has 0 amide bonds. The summed E-state index contributed by atoms with van der Waals surface area (Å²) < 4.78 is 0. The molecule has 2 unspecified atom stereocenters. The Balaban J connectivity index is 1.45. The minimum absolute atomic E-state index is 0.00397. The van der Waals surface area contributed by atoms with Crippen LogP contribution in [0.4, 0.5) is 11.5 Å². The van der Waals surface area contributed by atoms with Gasteiger partial charge in [0.25, 0.3) is 0 Å². The Morgan fingerprint density at radius 1 is 1.07 bits per heavy atom. The maximum absolute atomic E-state index is 13.4. The van der Waals surface area contributed by atoms with Gasteiger partial charge < -0.3 is 0 Å². The van der Waals surface area contributed by atoms with Crippen LogP contribution in [0.15, 0.2) is 71.1 Å². The molecular formula is C23H22N6O. The molecule has 0 radical (unpaired) electrons. The average molecular weight is 398 g/mol. The van der Waals surface area contributed by atoms with E-state index in [4.69, 9.17) is 0 Å². The van der Waals surface area contributed by atoms with Crippen LogP contribution >= 0.6 is 0 Å². The molecule has 5 rings (SSSR count). The second-order valence-electron chi connectivity index (χ2n) is 8.30. The Hall–Kier alpha value is -3.61. The number of benzene rings is 2. The largest absolute Gasteiger partial charge is 0.292 e. The van der Waals surface area contributed by atoms with Gasteiger partial charge in [-0.15, -0.1) is 0 Å². The molecule has 7 heteroatoms. The van der Waals surface area contributed by atoms with Crippen LogP contribution in [0.2, 0.25) is 0 Å². The van der Waals surface area contributed by atoms with E-state index in [0.29, 0.717) is 11.5 Å². The van der Waals surface area contributed by atoms with E-state index >= 15 is 0 Å². The number of anilines is 2. The summed E-state index contributed by atoms with van der Waals surface area (Å²) >= 11 is 0. The average Bonchev–Trinajstić information content (AvgIpc) is 3.17. The van der Waals surface area contributed by atoms with Gasteiger partial charge >= 0.3 is 0 Å². The number of rotatable bonds is 3. The van der Waals surface area contributed by atoms with Gasteiger partial charge in [0, 0.05) is 17.0 Å². The Kier molecular flexibility index (Phi) is 4.31. The van der Waals surface area contributed by atoms with E-state index in [9.17, 15) is 4.79 Å². The molecule has 1 saturated carbocycles. The first-order chi connectivity index (χ1) is 14.5. The second kappa shape index (κ2) is 7.02. The summed E-state index contributed by atoms with van der Waals surface area (Å²) in [5.74, 6) is 0.287. The number of hydrogen-bond donors (Lipinski definition) is 1. The van der Waals surface area contributed by atoms with E-state index in [1.165, 1.54) is 6.33 Å². The van der Waals surface area contributed by atoms with Gasteiger partial charge in [0.1, 0.15) is 12.0 Å². The highest BCUT2D eigenvalue weighted by Crippen LogP contribution is 2.40. The van der Waals surface area contributed by atoms with Crippen molar-refractivity contribution < 1.29 is 4.79 Å². The van der Waals surface area contributed by atoms with Crippen LogP contribution in [0.25, 0.3) is 10.9 Å². The molecule has 7 nitrogen and oxygen atoms in total. The van der Waals surface area contributed by atoms with Crippen molar-refractivity contribution in [2.24, 2.45) is 21.5 Å². The SMILES string of the molecule is CC1(C)CC2C(C=NN2c2ccccc2)C(=O)/C1=N/Nc1ncnc2ccccc12. The molecule has 1 aliphatic carbocycles. The van der Waals surface area contributed by atoms with E-state index < -0.39 is 5.41 Å². The zero-order chi connectivity index (χ0) is 20.7. The number of nitrogens with zero attached hydrogens (tertiary/aromatic N) is 5. The van der Waals surface area contributed by atoms with Crippen molar-refractivity contribution in [3.05, 3.63) is 60.9 Å². The summed E-state index contributed by atoms with van der Waals surface area (Å²) in [4.78, 5) is 21.9. The maximum Gasteiger partial charge on any atom is 0.189 e. The molecule has 1 N–H and O–H groups in total. The molecule has 2 aromatic carbocycles. The Morgan fingerprint density at radius 3 is 2.67 bits per heavy atom. The predicted molar refractivity (Wildman–Crippen MR) is 119 cm³/mol. The van der Waals surface area contributed by atoms with E-state index in [1.807, 2.05) is 59.6 Å². The number of carbonyl (C=O) groups is 1. The van der Waals surface area contributed by atoms with Gasteiger partial charge in [-0.25, -0.2) is 9.97 Å². The molecule has 30 heavy (non-hydrogen) atoms. The van der Waals surface area contributed by atoms with Crippen LogP contribution in [-0.2, 0) is 4.79 Å². The fraction of sp³-hybridized carbons (Fsp3) is 0.261. The molecule has 150 valence electrons. The molecule has 2 aliphatic rings. The lowest BCUT2D eigenvalue weighted by molar-refractivity contribution is -0.116. The third-order valence-corrected chi connectivity index (χ3v) is 5.81. The van der Waals surface area contributed by atoms with Crippen molar-refractivity contribution in [1.82, 2.24) is 9.97 Å². The molecular weight excluding hydrogens is 376 g/mol. The summed E-state index contributed by atoms with van der Waals surface area (Å²) in [7, 11) is 0. The van der Waals surface area contributed by atoms with Gasteiger partial charge in [-0.1, -0.05) is 44.2 Å². The number of nitrogens with one attached hydrogen (secondary N) is 1. The van der Waals surface area contributed by atoms with Gasteiger partial charge in [-0.3, -0.25) is 15.2 Å². The van der Waals surface area contributed by atoms with E-state index in [0.717, 1.165) is 23.0 Å². The van der Waals surface area contributed by atoms with Gasteiger partial charge in [-0.2, -0.15) is 10.2 Å². The number of carbonyl (C=O) groups excluding carboxylic acids is 1. The predicted octanol–water partition coefficient (Wildman–Crippen LogP) is 3.89. The number of hydrazone groups is 2. The van der Waals surface area contributed by atoms with Crippen molar-refractivity contribution in [2.75, 3.05) is 10.4 Å². The first kappa shape index (κ1) is 18.4. The van der Waals surface area contributed by atoms with Crippen LogP contribution in [0.1, 0.15) is 20.3 Å². The molecule has 3 aromatic rings. The number of para-hydroxylation sites is 2. The smallest absolute Gasteiger partial charge is 0.189 e. The van der Waals surface area contributed by atoms with Crippen molar-refractivity contribution in [3.63, 3.8) is 0 Å². The van der Waals surface area contributed by atoms with Crippen LogP contribution in [0.5, 0.6) is 0 Å². The Morgan fingerprint density at radius 2 is 1.83 bits per heavy atom. The maximum atomic E-state index is 13.4. The fourth-order valence-corrected chi connectivity index (χ4v) is 4.30. The Bertz CT molecular complexity index is 1170. The second-order valence-corrected chi connectivity index (χ2v) is 8.30. The number of fused-ring (bicyclic) bond motifs is 2. The zero-order valence-corrected chi connectivity index (χ0v) is 16.9. The molecule has 2 heterocycles. The highest BCUT2D eigenvalue weighted by Gasteiger charge is 2.50. The number of hydrogen-bond acceptors (Lipinski definition) is 7. The third kappa shape index (κ3) is 3.03. The van der Waals surface area contributed by atoms with Crippen LogP contribution < -0.4 is 10.4 Å². The topological polar surface area (TPSA) is 82.8 Å². The van der Waals surface area contributed by atoms with Crippen LogP contribution in [-0.4, -0.2) is 33.7 Å². The molecule has 0 bridgehead atoms. The molecule has 2 atom stereocenters. The lowest BCUT2D eigenvalue weighted by atomic mass is 9.68. The molecule has 0 saturated heterocycles. The third-order valence-electron chi connectivity index (χ3n) is 5.81. The first-order valence-corrected chi connectivity index (χ1v) is 10.0. The van der Waals surface area contributed by atoms with E-state index in [1.54, 1.807) is 6.21 Å². The summed E-state index contributed by atoms with van der Waals surface area (Å²) in [6, 6.07) is 17.7. The van der Waals surface area contributed by atoms with Crippen molar-refractivity contribution in [1.29, 1.82) is 0 Å². The molecule has 1 fully saturated rings. The van der Waals surface area contributed by atoms with Crippen LogP contribution in [0.3, 0.4) is 0 Å². The summed E-state index contributed by atoms with van der Waals surface area (Å²) in [5.41, 5.74) is 4.96. The van der Waals surface area contributed by atoms with Crippen molar-refractivity contribution >= 4 is 40.1 Å². The summed E-state index contributed by atoms with van der Waals surface area (Å²) in [6.07, 6.45) is 4.02. The lowest BCUT2D eigenvalue weighted by Gasteiger charge is -2.39. The van der Waals surface area contributed by atoms with Crippen molar-refractivity contribution in [3.8, 4) is 0 Å². The number of ketones is 1. The van der Waals surface area contributed by atoms with Gasteiger partial charge in [0.05, 0.1) is 23.2 Å². The summed E-state index contributed by atoms with van der Waals surface area (Å²) in [6.45, 7) is 4.11. The molecule has 1 aliphatic heterocycles. The van der Waals surface area contributed by atoms with Crippen molar-refractivity contribution in [2.45, 2.75) is 26.3 Å². The van der Waals surface area contributed by atoms with Gasteiger partial charge in [-0.05, 0) is 30.7 Å². The fourth-order valence-electron chi connectivity index (χ4n) is 4.30. The quantitative estimate of drug-likeness (QED) is 0.677. The lowest BCUT2D eigenvalue weighted by Crippen LogP contribution is -2.52. The molecule has 0 spiro atoms. The monoisotopic (exact) mass is 398 g/mol. The number of aromatic nitrogens is 2. The summed E-state index contributed by atoms with van der Waals surface area (Å²) in [5, 5.41) is 11.9. The van der Waals surface area contributed by atoms with Gasteiger partial charge in [0.2, 0.25) is 0 Å². The van der Waals surface area contributed by atoms with E-state index in [-0.39, 0.29) is 17.7 Å². The van der Waals surface area contributed by atoms with Crippen LogP contribution in [0, 0.1) is 11.3 Å². The molecule has 1 aromatic heterocycles. The van der Waals surface area contributed by atoms with Gasteiger partial charge in [0.15, 0.2) is 11.6 Å². The highest BCUT2D eigenvalue weighted by molar-refractivity contribution is 6.45. The zero-order valence-electron chi connectivity index (χ0n) is 16.9. The van der Waals surface area contributed by atoms with E-state index in [2.05, 4.69) is 39.4 Å².